The third kappa shape index (κ3) is 4.19. The molecular weight excluding hydrogens is 357 g/mol. The number of anilines is 1. The maximum atomic E-state index is 12.7. The Balaban J connectivity index is 1.62. The van der Waals surface area contributed by atoms with E-state index < -0.39 is 7.60 Å². The summed E-state index contributed by atoms with van der Waals surface area (Å²) in [6.45, 7) is 2.29. The van der Waals surface area contributed by atoms with Crippen molar-refractivity contribution in [2.24, 2.45) is 0 Å². The van der Waals surface area contributed by atoms with Gasteiger partial charge in [-0.15, -0.1) is 0 Å². The predicted molar refractivity (Wildman–Crippen MR) is 96.8 cm³/mol. The molecule has 26 heavy (non-hydrogen) atoms. The Morgan fingerprint density at radius 2 is 2.00 bits per heavy atom. The van der Waals surface area contributed by atoms with Gasteiger partial charge in [-0.3, -0.25) is 0 Å². The molecule has 0 bridgehead atoms. The van der Waals surface area contributed by atoms with Gasteiger partial charge >= 0.3 is 7.60 Å². The minimum atomic E-state index is -3.41. The molecule has 0 aliphatic carbocycles. The first kappa shape index (κ1) is 18.3. The normalized spacial score (nSPS) is 14.8. The summed E-state index contributed by atoms with van der Waals surface area (Å²) in [4.78, 5) is 12.3. The van der Waals surface area contributed by atoms with Crippen molar-refractivity contribution in [2.45, 2.75) is 19.6 Å². The number of nitrogens with zero attached hydrogens (tertiary/aromatic N) is 4. The van der Waals surface area contributed by atoms with Gasteiger partial charge in [0.05, 0.1) is 19.0 Å². The van der Waals surface area contributed by atoms with Gasteiger partial charge in [0.2, 0.25) is 0 Å². The quantitative estimate of drug-likeness (QED) is 0.596. The van der Waals surface area contributed by atoms with Crippen molar-refractivity contribution >= 4 is 24.6 Å². The summed E-state index contributed by atoms with van der Waals surface area (Å²) >= 11 is 0. The molecule has 2 unspecified atom stereocenters. The van der Waals surface area contributed by atoms with Crippen LogP contribution in [0, 0.1) is 0 Å². The van der Waals surface area contributed by atoms with Crippen LogP contribution >= 0.6 is 7.60 Å². The minimum Gasteiger partial charge on any atom is -0.423 e. The Labute approximate surface area is 150 Å². The zero-order valence-electron chi connectivity index (χ0n) is 14.5. The summed E-state index contributed by atoms with van der Waals surface area (Å²) in [7, 11) is -2.08. The van der Waals surface area contributed by atoms with Crippen LogP contribution in [-0.2, 0) is 20.4 Å². The second-order valence-electron chi connectivity index (χ2n) is 5.63. The number of benzene rings is 1. The SMILES string of the molecule is COP(=O)(COC(C)Cn1cnc2c(N)ncnc21)Oc1ccccc1. The fourth-order valence-electron chi connectivity index (χ4n) is 2.34. The number of imidazole rings is 1. The predicted octanol–water partition coefficient (Wildman–Crippen LogP) is 2.69. The Bertz CT molecular complexity index is 917. The number of hydrogen-bond donors (Lipinski definition) is 1. The number of para-hydroxylation sites is 1. The zero-order chi connectivity index (χ0) is 18.6. The van der Waals surface area contributed by atoms with Gasteiger partial charge in [-0.2, -0.15) is 0 Å². The van der Waals surface area contributed by atoms with Gasteiger partial charge in [0.15, 0.2) is 17.8 Å². The van der Waals surface area contributed by atoms with E-state index in [1.165, 1.54) is 13.4 Å². The zero-order valence-corrected chi connectivity index (χ0v) is 15.4. The molecule has 2 heterocycles. The monoisotopic (exact) mass is 377 g/mol. The molecule has 0 fully saturated rings. The molecule has 2 N–H and O–H groups in total. The van der Waals surface area contributed by atoms with Gasteiger partial charge in [-0.25, -0.2) is 19.5 Å². The molecule has 0 amide bonds. The molecule has 3 aromatic rings. The number of fused-ring (bicyclic) bond motifs is 1. The van der Waals surface area contributed by atoms with E-state index in [0.29, 0.717) is 29.3 Å². The average molecular weight is 377 g/mol. The molecule has 2 atom stereocenters. The minimum absolute atomic E-state index is 0.177. The first-order valence-corrected chi connectivity index (χ1v) is 9.66. The molecule has 138 valence electrons. The van der Waals surface area contributed by atoms with E-state index in [0.717, 1.165) is 0 Å². The first-order valence-electron chi connectivity index (χ1n) is 7.93. The van der Waals surface area contributed by atoms with Crippen LogP contribution in [0.1, 0.15) is 6.92 Å². The summed E-state index contributed by atoms with van der Waals surface area (Å²) in [5, 5.41) is 0. The van der Waals surface area contributed by atoms with Crippen LogP contribution < -0.4 is 10.3 Å². The fraction of sp³-hybridized carbons (Fsp3) is 0.312. The fourth-order valence-corrected chi connectivity index (χ4v) is 3.45. The summed E-state index contributed by atoms with van der Waals surface area (Å²) in [6, 6.07) is 8.83. The van der Waals surface area contributed by atoms with E-state index >= 15 is 0 Å². The van der Waals surface area contributed by atoms with Crippen molar-refractivity contribution in [3.8, 4) is 5.75 Å². The Morgan fingerprint density at radius 1 is 1.23 bits per heavy atom. The molecule has 1 aromatic carbocycles. The van der Waals surface area contributed by atoms with Crippen LogP contribution in [0.25, 0.3) is 11.2 Å². The third-order valence-electron chi connectivity index (χ3n) is 3.67. The van der Waals surface area contributed by atoms with Crippen molar-refractivity contribution in [1.29, 1.82) is 0 Å². The summed E-state index contributed by atoms with van der Waals surface area (Å²) < 4.78 is 30.7. The highest BCUT2D eigenvalue weighted by Crippen LogP contribution is 2.47. The third-order valence-corrected chi connectivity index (χ3v) is 5.18. The molecule has 9 nitrogen and oxygen atoms in total. The van der Waals surface area contributed by atoms with Gasteiger partial charge in [-0.05, 0) is 19.1 Å². The average Bonchev–Trinajstić information content (AvgIpc) is 3.05. The van der Waals surface area contributed by atoms with Crippen LogP contribution in [-0.4, -0.2) is 39.1 Å². The summed E-state index contributed by atoms with van der Waals surface area (Å²) in [6.07, 6.45) is 2.54. The molecule has 0 radical (unpaired) electrons. The number of aromatic nitrogens is 4. The van der Waals surface area contributed by atoms with E-state index in [1.807, 2.05) is 13.0 Å². The van der Waals surface area contributed by atoms with Crippen molar-refractivity contribution in [3.05, 3.63) is 43.0 Å². The van der Waals surface area contributed by atoms with Crippen LogP contribution in [0.5, 0.6) is 5.75 Å². The Kier molecular flexibility index (Phi) is 5.51. The lowest BCUT2D eigenvalue weighted by molar-refractivity contribution is 0.0752. The molecule has 0 saturated heterocycles. The smallest absolute Gasteiger partial charge is 0.404 e. The first-order chi connectivity index (χ1) is 12.5. The second-order valence-corrected chi connectivity index (χ2v) is 7.66. The van der Waals surface area contributed by atoms with E-state index in [1.54, 1.807) is 35.2 Å². The van der Waals surface area contributed by atoms with E-state index in [4.69, 9.17) is 19.5 Å². The maximum Gasteiger partial charge on any atom is 0.404 e. The van der Waals surface area contributed by atoms with E-state index in [9.17, 15) is 4.57 Å². The molecule has 0 aliphatic heterocycles. The summed E-state index contributed by atoms with van der Waals surface area (Å²) in [5.74, 6) is 0.782. The number of nitrogen functional groups attached to an aromatic ring is 1. The van der Waals surface area contributed by atoms with Crippen LogP contribution in [0.15, 0.2) is 43.0 Å². The van der Waals surface area contributed by atoms with Gasteiger partial charge in [0, 0.05) is 7.11 Å². The molecule has 3 rings (SSSR count). The largest absolute Gasteiger partial charge is 0.423 e. The topological polar surface area (TPSA) is 114 Å². The highest BCUT2D eigenvalue weighted by atomic mass is 31.2. The van der Waals surface area contributed by atoms with Gasteiger partial charge in [0.1, 0.15) is 17.6 Å². The number of ether oxygens (including phenoxy) is 1. The maximum absolute atomic E-state index is 12.7. The van der Waals surface area contributed by atoms with E-state index in [2.05, 4.69) is 15.0 Å². The molecular formula is C16H20N5O4P. The van der Waals surface area contributed by atoms with E-state index in [-0.39, 0.29) is 12.5 Å². The number of rotatable bonds is 8. The highest BCUT2D eigenvalue weighted by Gasteiger charge is 2.26. The standard InChI is InChI=1S/C16H20N5O4P/c1-12(8-21-10-20-14-15(17)18-9-19-16(14)21)24-11-26(22,23-2)25-13-6-4-3-5-7-13/h3-7,9-10,12H,8,11H2,1-2H3,(H2,17,18,19). The van der Waals surface area contributed by atoms with Gasteiger partial charge in [0.25, 0.3) is 0 Å². The lowest BCUT2D eigenvalue weighted by Gasteiger charge is -2.20. The van der Waals surface area contributed by atoms with Gasteiger partial charge < -0.3 is 24.1 Å². The summed E-state index contributed by atoms with van der Waals surface area (Å²) in [5.41, 5.74) is 6.93. The molecule has 0 saturated carbocycles. The molecule has 0 spiro atoms. The lowest BCUT2D eigenvalue weighted by Crippen LogP contribution is -2.18. The van der Waals surface area contributed by atoms with Crippen LogP contribution in [0.4, 0.5) is 5.82 Å². The van der Waals surface area contributed by atoms with Crippen molar-refractivity contribution < 1.29 is 18.3 Å². The lowest BCUT2D eigenvalue weighted by atomic mass is 10.3. The van der Waals surface area contributed by atoms with Crippen molar-refractivity contribution in [3.63, 3.8) is 0 Å². The second kappa shape index (κ2) is 7.82. The Hall–Kier alpha value is -2.48. The van der Waals surface area contributed by atoms with Crippen molar-refractivity contribution in [1.82, 2.24) is 19.5 Å². The van der Waals surface area contributed by atoms with Gasteiger partial charge in [-0.1, -0.05) is 18.2 Å². The van der Waals surface area contributed by atoms with Crippen LogP contribution in [0.2, 0.25) is 0 Å². The van der Waals surface area contributed by atoms with Crippen molar-refractivity contribution in [2.75, 3.05) is 19.2 Å². The number of nitrogens with two attached hydrogens (primary N) is 1. The highest BCUT2D eigenvalue weighted by molar-refractivity contribution is 7.54. The Morgan fingerprint density at radius 3 is 2.73 bits per heavy atom. The van der Waals surface area contributed by atoms with Crippen LogP contribution in [0.3, 0.4) is 0 Å². The molecule has 10 heteroatoms. The number of hydrogen-bond acceptors (Lipinski definition) is 8. The molecule has 2 aromatic heterocycles. The molecule has 0 aliphatic rings.